The van der Waals surface area contributed by atoms with E-state index in [1.54, 1.807) is 12.4 Å². The van der Waals surface area contributed by atoms with Crippen LogP contribution in [0, 0.1) is 0 Å². The van der Waals surface area contributed by atoms with Crippen LogP contribution < -0.4 is 0 Å². The Morgan fingerprint density at radius 3 is 2.83 bits per heavy atom. The Hall–Kier alpha value is -0.920. The minimum Gasteiger partial charge on any atom is -0.302 e. The summed E-state index contributed by atoms with van der Waals surface area (Å²) in [4.78, 5) is 13.0. The van der Waals surface area contributed by atoms with E-state index < -0.39 is 0 Å². The van der Waals surface area contributed by atoms with E-state index in [1.807, 2.05) is 28.9 Å². The van der Waals surface area contributed by atoms with Crippen molar-refractivity contribution >= 4 is 49.3 Å². The van der Waals surface area contributed by atoms with Gasteiger partial charge in [0.05, 0.1) is 0 Å². The Kier molecular flexibility index (Phi) is 3.36. The third kappa shape index (κ3) is 2.43. The summed E-state index contributed by atoms with van der Waals surface area (Å²) < 4.78 is 3.66. The van der Waals surface area contributed by atoms with Gasteiger partial charge in [-0.1, -0.05) is 0 Å². The lowest BCUT2D eigenvalue weighted by Gasteiger charge is -2.03. The van der Waals surface area contributed by atoms with Crippen molar-refractivity contribution in [2.45, 2.75) is 10.1 Å². The first-order chi connectivity index (χ1) is 8.72. The number of halogens is 2. The lowest BCUT2D eigenvalue weighted by Crippen LogP contribution is -1.92. The second kappa shape index (κ2) is 4.99. The van der Waals surface area contributed by atoms with E-state index in [0.29, 0.717) is 0 Å². The van der Waals surface area contributed by atoms with Gasteiger partial charge < -0.3 is 4.40 Å². The van der Waals surface area contributed by atoms with E-state index in [1.165, 1.54) is 11.8 Å². The Bertz CT molecular complexity index is 696. The van der Waals surface area contributed by atoms with E-state index in [0.717, 1.165) is 24.8 Å². The molecule has 0 aliphatic rings. The molecule has 90 valence electrons. The molecule has 0 saturated carbocycles. The highest BCUT2D eigenvalue weighted by molar-refractivity contribution is 9.10. The topological polar surface area (TPSA) is 43.1 Å². The fraction of sp³-hybridized carbons (Fsp3) is 0. The van der Waals surface area contributed by atoms with Gasteiger partial charge in [-0.05, 0) is 55.8 Å². The molecule has 4 nitrogen and oxygen atoms in total. The van der Waals surface area contributed by atoms with Gasteiger partial charge in [-0.3, -0.25) is 0 Å². The molecule has 0 bridgehead atoms. The average Bonchev–Trinajstić information content (AvgIpc) is 2.80. The molecule has 0 amide bonds. The summed E-state index contributed by atoms with van der Waals surface area (Å²) in [5, 5.41) is 1.71. The maximum Gasteiger partial charge on any atom is 0.170 e. The highest BCUT2D eigenvalue weighted by atomic mass is 79.9. The second-order valence-corrected chi connectivity index (χ2v) is 6.18. The number of nitrogens with zero attached hydrogens (tertiary/aromatic N) is 4. The van der Waals surface area contributed by atoms with Gasteiger partial charge in [0, 0.05) is 29.3 Å². The van der Waals surface area contributed by atoms with Crippen LogP contribution in [0.15, 0.2) is 56.0 Å². The van der Waals surface area contributed by atoms with Crippen LogP contribution in [-0.2, 0) is 0 Å². The van der Waals surface area contributed by atoms with E-state index >= 15 is 0 Å². The Morgan fingerprint density at radius 2 is 2.06 bits per heavy atom. The SMILES string of the molecule is Brc1ccc(Sc2nc(Br)cn3ccnc23)nc1. The van der Waals surface area contributed by atoms with Crippen LogP contribution in [0.4, 0.5) is 0 Å². The Labute approximate surface area is 124 Å². The quantitative estimate of drug-likeness (QED) is 0.672. The van der Waals surface area contributed by atoms with E-state index in [2.05, 4.69) is 46.8 Å². The van der Waals surface area contributed by atoms with Gasteiger partial charge in [-0.15, -0.1) is 0 Å². The molecular formula is C11H6Br2N4S. The zero-order valence-corrected chi connectivity index (χ0v) is 12.9. The zero-order valence-electron chi connectivity index (χ0n) is 8.92. The van der Waals surface area contributed by atoms with Crippen LogP contribution in [0.5, 0.6) is 0 Å². The van der Waals surface area contributed by atoms with E-state index in [-0.39, 0.29) is 0 Å². The standard InChI is InChI=1S/C11H6Br2N4S/c12-7-1-2-9(15-5-7)18-11-10-14-3-4-17(10)6-8(13)16-11/h1-6H. The van der Waals surface area contributed by atoms with Gasteiger partial charge >= 0.3 is 0 Å². The molecule has 3 heterocycles. The van der Waals surface area contributed by atoms with E-state index in [4.69, 9.17) is 0 Å². The Morgan fingerprint density at radius 1 is 1.17 bits per heavy atom. The van der Waals surface area contributed by atoms with Crippen molar-refractivity contribution in [1.29, 1.82) is 0 Å². The summed E-state index contributed by atoms with van der Waals surface area (Å²) in [7, 11) is 0. The molecule has 0 radical (unpaired) electrons. The largest absolute Gasteiger partial charge is 0.302 e. The van der Waals surface area contributed by atoms with Crippen molar-refractivity contribution in [3.8, 4) is 0 Å². The monoisotopic (exact) mass is 384 g/mol. The first kappa shape index (κ1) is 12.1. The first-order valence-electron chi connectivity index (χ1n) is 5.01. The normalized spacial score (nSPS) is 11.0. The maximum absolute atomic E-state index is 4.44. The molecule has 18 heavy (non-hydrogen) atoms. The number of aromatic nitrogens is 4. The summed E-state index contributed by atoms with van der Waals surface area (Å²) in [6.45, 7) is 0. The zero-order chi connectivity index (χ0) is 12.5. The number of pyridine rings is 1. The molecule has 3 aromatic heterocycles. The summed E-state index contributed by atoms with van der Waals surface area (Å²) in [6.07, 6.45) is 7.29. The van der Waals surface area contributed by atoms with Gasteiger partial charge in [0.2, 0.25) is 0 Å². The maximum atomic E-state index is 4.44. The molecule has 0 N–H and O–H groups in total. The number of hydrogen-bond acceptors (Lipinski definition) is 4. The number of imidazole rings is 1. The van der Waals surface area contributed by atoms with Gasteiger partial charge in [0.15, 0.2) is 5.65 Å². The Balaban J connectivity index is 2.03. The number of hydrogen-bond donors (Lipinski definition) is 0. The fourth-order valence-corrected chi connectivity index (χ4v) is 3.05. The smallest absolute Gasteiger partial charge is 0.170 e. The molecule has 7 heteroatoms. The van der Waals surface area contributed by atoms with Crippen LogP contribution in [0.25, 0.3) is 5.65 Å². The summed E-state index contributed by atoms with van der Waals surface area (Å²) >= 11 is 8.24. The predicted octanol–water partition coefficient (Wildman–Crippen LogP) is 3.80. The lowest BCUT2D eigenvalue weighted by atomic mass is 10.5. The summed E-state index contributed by atoms with van der Waals surface area (Å²) in [5.74, 6) is 0. The third-order valence-corrected chi connectivity index (χ3v) is 3.98. The van der Waals surface area contributed by atoms with E-state index in [9.17, 15) is 0 Å². The van der Waals surface area contributed by atoms with Crippen molar-refractivity contribution in [2.24, 2.45) is 0 Å². The minimum absolute atomic E-state index is 0.771. The minimum atomic E-state index is 0.771. The molecule has 0 aliphatic heterocycles. The summed E-state index contributed by atoms with van der Waals surface area (Å²) in [6, 6.07) is 3.90. The highest BCUT2D eigenvalue weighted by Crippen LogP contribution is 2.29. The first-order valence-corrected chi connectivity index (χ1v) is 7.41. The van der Waals surface area contributed by atoms with Crippen LogP contribution in [0.1, 0.15) is 0 Å². The van der Waals surface area contributed by atoms with Crippen molar-refractivity contribution < 1.29 is 0 Å². The van der Waals surface area contributed by atoms with Crippen molar-refractivity contribution in [3.05, 3.63) is 46.0 Å². The highest BCUT2D eigenvalue weighted by Gasteiger charge is 2.09. The molecule has 0 spiro atoms. The molecule has 0 unspecified atom stereocenters. The summed E-state index contributed by atoms with van der Waals surface area (Å²) in [5.41, 5.74) is 0.827. The molecule has 0 atom stereocenters. The van der Waals surface area contributed by atoms with Crippen LogP contribution in [0.2, 0.25) is 0 Å². The van der Waals surface area contributed by atoms with Gasteiger partial charge in [0.1, 0.15) is 14.7 Å². The molecule has 3 rings (SSSR count). The molecule has 0 saturated heterocycles. The molecule has 3 aromatic rings. The molecule has 0 aliphatic carbocycles. The van der Waals surface area contributed by atoms with Crippen LogP contribution in [0.3, 0.4) is 0 Å². The molecule has 0 fully saturated rings. The average molecular weight is 386 g/mol. The van der Waals surface area contributed by atoms with Gasteiger partial charge in [-0.25, -0.2) is 15.0 Å². The van der Waals surface area contributed by atoms with Crippen molar-refractivity contribution in [2.75, 3.05) is 0 Å². The molecular weight excluding hydrogens is 380 g/mol. The van der Waals surface area contributed by atoms with Crippen LogP contribution >= 0.6 is 43.6 Å². The number of rotatable bonds is 2. The molecule has 0 aromatic carbocycles. The lowest BCUT2D eigenvalue weighted by molar-refractivity contribution is 1.00. The van der Waals surface area contributed by atoms with Gasteiger partial charge in [0.25, 0.3) is 0 Å². The van der Waals surface area contributed by atoms with Crippen molar-refractivity contribution in [1.82, 2.24) is 19.4 Å². The second-order valence-electron chi connectivity index (χ2n) is 3.44. The predicted molar refractivity (Wildman–Crippen MR) is 76.7 cm³/mol. The number of fused-ring (bicyclic) bond motifs is 1. The fourth-order valence-electron chi connectivity index (χ4n) is 1.46. The van der Waals surface area contributed by atoms with Crippen molar-refractivity contribution in [3.63, 3.8) is 0 Å². The van der Waals surface area contributed by atoms with Crippen LogP contribution in [-0.4, -0.2) is 19.4 Å². The third-order valence-electron chi connectivity index (χ3n) is 2.22. The van der Waals surface area contributed by atoms with Gasteiger partial charge in [-0.2, -0.15) is 0 Å².